The molecule has 0 spiro atoms. The summed E-state index contributed by atoms with van der Waals surface area (Å²) in [5, 5.41) is 0. The monoisotopic (exact) mass is 444 g/mol. The summed E-state index contributed by atoms with van der Waals surface area (Å²) in [5.41, 5.74) is 4.76. The van der Waals surface area contributed by atoms with Crippen LogP contribution < -0.4 is 4.74 Å². The molecule has 0 atom stereocenters. The highest BCUT2D eigenvalue weighted by atomic mass is 79.9. The first-order valence-electron chi connectivity index (χ1n) is 8.49. The van der Waals surface area contributed by atoms with Crippen LogP contribution in [0.2, 0.25) is 0 Å². The number of aromatic nitrogens is 4. The first-order chi connectivity index (χ1) is 13.5. The third kappa shape index (κ3) is 3.73. The van der Waals surface area contributed by atoms with Crippen LogP contribution in [0.1, 0.15) is 17.0 Å². The van der Waals surface area contributed by atoms with Crippen LogP contribution in [0.25, 0.3) is 16.9 Å². The third-order valence-corrected chi connectivity index (χ3v) is 4.79. The zero-order chi connectivity index (χ0) is 19.7. The Bertz CT molecular complexity index is 1130. The Morgan fingerprint density at radius 2 is 1.93 bits per heavy atom. The van der Waals surface area contributed by atoms with Crippen molar-refractivity contribution in [2.24, 2.45) is 0 Å². The normalized spacial score (nSPS) is 11.3. The van der Waals surface area contributed by atoms with E-state index in [0.29, 0.717) is 16.6 Å². The number of pyridine rings is 1. The molecular formula is C20H15BrF2N4O. The summed E-state index contributed by atoms with van der Waals surface area (Å²) in [4.78, 5) is 13.2. The maximum atomic E-state index is 12.7. The van der Waals surface area contributed by atoms with E-state index in [2.05, 4.69) is 35.6 Å². The van der Waals surface area contributed by atoms with Crippen LogP contribution in [0.15, 0.2) is 59.6 Å². The van der Waals surface area contributed by atoms with Gasteiger partial charge in [0.2, 0.25) is 0 Å². The number of alkyl halides is 2. The predicted octanol–water partition coefficient (Wildman–Crippen LogP) is 5.05. The van der Waals surface area contributed by atoms with Crippen LogP contribution in [0.3, 0.4) is 0 Å². The average molecular weight is 445 g/mol. The van der Waals surface area contributed by atoms with E-state index in [1.54, 1.807) is 36.7 Å². The third-order valence-electron chi connectivity index (χ3n) is 4.38. The quantitative estimate of drug-likeness (QED) is 0.431. The minimum Gasteiger partial charge on any atom is -0.435 e. The van der Waals surface area contributed by atoms with Crippen LogP contribution in [0.5, 0.6) is 5.75 Å². The summed E-state index contributed by atoms with van der Waals surface area (Å²) in [6.45, 7) is -0.968. The number of aryl methyl sites for hydroxylation is 1. The van der Waals surface area contributed by atoms with Crippen LogP contribution >= 0.6 is 15.9 Å². The summed E-state index contributed by atoms with van der Waals surface area (Å²) in [7, 11) is 0. The van der Waals surface area contributed by atoms with Crippen LogP contribution in [0.4, 0.5) is 8.78 Å². The Balaban J connectivity index is 1.76. The van der Waals surface area contributed by atoms with Crippen molar-refractivity contribution in [3.8, 4) is 17.0 Å². The maximum Gasteiger partial charge on any atom is 0.387 e. The summed E-state index contributed by atoms with van der Waals surface area (Å²) >= 11 is 3.28. The van der Waals surface area contributed by atoms with Gasteiger partial charge in [0, 0.05) is 29.4 Å². The van der Waals surface area contributed by atoms with Crippen LogP contribution in [0, 0.1) is 6.92 Å². The molecule has 5 nitrogen and oxygen atoms in total. The molecule has 142 valence electrons. The van der Waals surface area contributed by atoms with Gasteiger partial charge in [-0.3, -0.25) is 4.98 Å². The van der Waals surface area contributed by atoms with Crippen molar-refractivity contribution in [2.75, 3.05) is 0 Å². The van der Waals surface area contributed by atoms with E-state index in [4.69, 9.17) is 0 Å². The van der Waals surface area contributed by atoms with E-state index in [9.17, 15) is 8.78 Å². The highest BCUT2D eigenvalue weighted by molar-refractivity contribution is 9.10. The van der Waals surface area contributed by atoms with Crippen molar-refractivity contribution < 1.29 is 13.5 Å². The first-order valence-corrected chi connectivity index (χ1v) is 9.29. The lowest BCUT2D eigenvalue weighted by molar-refractivity contribution is -0.0503. The minimum atomic E-state index is -2.87. The minimum absolute atomic E-state index is 0.168. The highest BCUT2D eigenvalue weighted by Crippen LogP contribution is 2.26. The summed E-state index contributed by atoms with van der Waals surface area (Å²) in [6, 6.07) is 10.6. The molecule has 0 unspecified atom stereocenters. The molecule has 3 aromatic heterocycles. The Hall–Kier alpha value is -2.87. The zero-order valence-corrected chi connectivity index (χ0v) is 16.4. The lowest BCUT2D eigenvalue weighted by Crippen LogP contribution is -2.05. The van der Waals surface area contributed by atoms with E-state index in [1.807, 2.05) is 29.7 Å². The maximum absolute atomic E-state index is 12.7. The number of benzene rings is 1. The molecule has 0 aliphatic carbocycles. The predicted molar refractivity (Wildman–Crippen MR) is 105 cm³/mol. The molecule has 4 rings (SSSR count). The molecule has 0 fully saturated rings. The van der Waals surface area contributed by atoms with Gasteiger partial charge in [-0.15, -0.1) is 0 Å². The lowest BCUT2D eigenvalue weighted by atomic mass is 10.1. The molecule has 0 N–H and O–H groups in total. The van der Waals surface area contributed by atoms with Crippen LogP contribution in [-0.2, 0) is 6.42 Å². The van der Waals surface area contributed by atoms with Gasteiger partial charge in [-0.05, 0) is 41.1 Å². The van der Waals surface area contributed by atoms with E-state index in [1.165, 1.54) is 0 Å². The van der Waals surface area contributed by atoms with E-state index in [-0.39, 0.29) is 5.75 Å². The van der Waals surface area contributed by atoms with Crippen molar-refractivity contribution in [3.63, 3.8) is 0 Å². The van der Waals surface area contributed by atoms with Gasteiger partial charge in [-0.1, -0.05) is 18.2 Å². The largest absolute Gasteiger partial charge is 0.435 e. The van der Waals surface area contributed by atoms with E-state index >= 15 is 0 Å². The Kier molecular flexibility index (Phi) is 5.04. The van der Waals surface area contributed by atoms with Gasteiger partial charge in [0.25, 0.3) is 0 Å². The number of para-hydroxylation sites is 1. The number of halogens is 3. The molecule has 0 bridgehead atoms. The Morgan fingerprint density at radius 3 is 2.68 bits per heavy atom. The number of hydrogen-bond acceptors (Lipinski definition) is 4. The second-order valence-electron chi connectivity index (χ2n) is 6.18. The van der Waals surface area contributed by atoms with Gasteiger partial charge in [0.15, 0.2) is 0 Å². The average Bonchev–Trinajstić information content (AvgIpc) is 2.98. The first kappa shape index (κ1) is 18.5. The van der Waals surface area contributed by atoms with Gasteiger partial charge < -0.3 is 9.14 Å². The van der Waals surface area contributed by atoms with Crippen molar-refractivity contribution in [1.82, 2.24) is 19.4 Å². The Morgan fingerprint density at radius 1 is 1.11 bits per heavy atom. The molecule has 1 aromatic carbocycles. The molecule has 0 aliphatic rings. The molecule has 4 aromatic rings. The fourth-order valence-electron chi connectivity index (χ4n) is 3.08. The number of imidazole rings is 1. The molecule has 0 radical (unpaired) electrons. The molecule has 0 saturated heterocycles. The number of ether oxygens (including phenoxy) is 1. The molecule has 0 saturated carbocycles. The van der Waals surface area contributed by atoms with Gasteiger partial charge in [-0.2, -0.15) is 8.78 Å². The van der Waals surface area contributed by atoms with Crippen LogP contribution in [-0.4, -0.2) is 26.0 Å². The van der Waals surface area contributed by atoms with Gasteiger partial charge in [0.05, 0.1) is 23.8 Å². The molecule has 3 heterocycles. The fraction of sp³-hybridized carbons (Fsp3) is 0.150. The molecular weight excluding hydrogens is 430 g/mol. The lowest BCUT2D eigenvalue weighted by Gasteiger charge is -2.11. The summed E-state index contributed by atoms with van der Waals surface area (Å²) in [5.74, 6) is 0.168. The second kappa shape index (κ2) is 7.63. The number of nitrogens with zero attached hydrogens (tertiary/aromatic N) is 4. The fourth-order valence-corrected chi connectivity index (χ4v) is 3.28. The SMILES string of the molecule is Cc1nc2ccc(-c3cnc(Br)cn3)cn2c1Cc1ccccc1OC(F)F. The van der Waals surface area contributed by atoms with Crippen molar-refractivity contribution in [2.45, 2.75) is 20.0 Å². The van der Waals surface area contributed by atoms with Crippen molar-refractivity contribution in [1.29, 1.82) is 0 Å². The molecule has 8 heteroatoms. The topological polar surface area (TPSA) is 52.3 Å². The summed E-state index contributed by atoms with van der Waals surface area (Å²) < 4.78 is 32.7. The van der Waals surface area contributed by atoms with Crippen molar-refractivity contribution >= 4 is 21.6 Å². The van der Waals surface area contributed by atoms with Gasteiger partial charge in [-0.25, -0.2) is 9.97 Å². The molecule has 28 heavy (non-hydrogen) atoms. The second-order valence-corrected chi connectivity index (χ2v) is 6.99. The Labute approximate surface area is 168 Å². The molecule has 0 amide bonds. The van der Waals surface area contributed by atoms with E-state index in [0.717, 1.165) is 28.3 Å². The number of hydrogen-bond donors (Lipinski definition) is 0. The smallest absolute Gasteiger partial charge is 0.387 e. The highest BCUT2D eigenvalue weighted by Gasteiger charge is 2.15. The van der Waals surface area contributed by atoms with E-state index < -0.39 is 6.61 Å². The molecule has 0 aliphatic heterocycles. The van der Waals surface area contributed by atoms with Gasteiger partial charge >= 0.3 is 6.61 Å². The standard InChI is InChI=1S/C20H15BrF2N4O/c1-12-16(8-13-4-2-3-5-17(13)28-20(22)23)27-11-14(6-7-19(27)26-12)15-9-25-18(21)10-24-15/h2-7,9-11,20H,8H2,1H3. The number of fused-ring (bicyclic) bond motifs is 1. The number of rotatable bonds is 5. The summed E-state index contributed by atoms with van der Waals surface area (Å²) in [6.07, 6.45) is 5.66. The van der Waals surface area contributed by atoms with Gasteiger partial charge in [0.1, 0.15) is 16.0 Å². The van der Waals surface area contributed by atoms with Crippen molar-refractivity contribution in [3.05, 3.63) is 76.5 Å². The zero-order valence-electron chi connectivity index (χ0n) is 14.8.